The van der Waals surface area contributed by atoms with Crippen molar-refractivity contribution in [2.75, 3.05) is 26.3 Å². The van der Waals surface area contributed by atoms with Crippen LogP contribution in [0.5, 0.6) is 0 Å². The molecule has 0 aliphatic carbocycles. The molecule has 0 spiro atoms. The van der Waals surface area contributed by atoms with Crippen LogP contribution in [0.2, 0.25) is 0 Å². The average molecular weight is 229 g/mol. The van der Waals surface area contributed by atoms with Gasteiger partial charge in [0.25, 0.3) is 0 Å². The number of rotatable bonds is 6. The second-order valence-electron chi connectivity index (χ2n) is 4.81. The first-order valence-corrected chi connectivity index (χ1v) is 6.07. The summed E-state index contributed by atoms with van der Waals surface area (Å²) < 4.78 is 5.17. The van der Waals surface area contributed by atoms with Crippen molar-refractivity contribution >= 4 is 5.91 Å². The molecule has 1 amide bonds. The number of aliphatic hydroxyl groups is 1. The molecule has 0 saturated carbocycles. The van der Waals surface area contributed by atoms with Crippen LogP contribution in [-0.4, -0.2) is 47.8 Å². The van der Waals surface area contributed by atoms with Gasteiger partial charge in [0.15, 0.2) is 0 Å². The maximum atomic E-state index is 11.7. The van der Waals surface area contributed by atoms with Gasteiger partial charge in [-0.15, -0.1) is 0 Å². The van der Waals surface area contributed by atoms with Gasteiger partial charge in [0.1, 0.15) is 5.60 Å². The van der Waals surface area contributed by atoms with Gasteiger partial charge < -0.3 is 14.7 Å². The number of hydrogen-bond acceptors (Lipinski definition) is 3. The Morgan fingerprint density at radius 2 is 2.12 bits per heavy atom. The molecule has 0 aromatic heterocycles. The zero-order chi connectivity index (χ0) is 12.2. The first-order valence-electron chi connectivity index (χ1n) is 6.07. The van der Waals surface area contributed by atoms with E-state index < -0.39 is 5.60 Å². The van der Waals surface area contributed by atoms with E-state index in [1.165, 1.54) is 0 Å². The molecule has 0 aromatic carbocycles. The zero-order valence-electron chi connectivity index (χ0n) is 10.5. The highest BCUT2D eigenvalue weighted by Gasteiger charge is 2.45. The van der Waals surface area contributed by atoms with Gasteiger partial charge in [-0.05, 0) is 19.3 Å². The number of likely N-dealkylation sites (tertiary alicyclic amines) is 1. The number of carbonyl (C=O) groups is 1. The topological polar surface area (TPSA) is 49.8 Å². The lowest BCUT2D eigenvalue weighted by molar-refractivity contribution is -0.164. The summed E-state index contributed by atoms with van der Waals surface area (Å²) in [4.78, 5) is 13.4. The van der Waals surface area contributed by atoms with Crippen molar-refractivity contribution in [1.29, 1.82) is 0 Å². The maximum Gasteiger partial charge on any atom is 0.222 e. The van der Waals surface area contributed by atoms with Gasteiger partial charge in [0.2, 0.25) is 5.91 Å². The lowest BCUT2D eigenvalue weighted by atomic mass is 9.83. The van der Waals surface area contributed by atoms with Gasteiger partial charge >= 0.3 is 0 Å². The Morgan fingerprint density at radius 1 is 1.50 bits per heavy atom. The van der Waals surface area contributed by atoms with Crippen LogP contribution >= 0.6 is 0 Å². The Bertz CT molecular complexity index is 234. The van der Waals surface area contributed by atoms with E-state index in [-0.39, 0.29) is 11.8 Å². The van der Waals surface area contributed by atoms with Crippen molar-refractivity contribution in [3.8, 4) is 0 Å². The van der Waals surface area contributed by atoms with Crippen LogP contribution in [-0.2, 0) is 9.53 Å². The van der Waals surface area contributed by atoms with Crippen LogP contribution in [0.4, 0.5) is 0 Å². The van der Waals surface area contributed by atoms with Crippen molar-refractivity contribution in [3.05, 3.63) is 0 Å². The van der Waals surface area contributed by atoms with E-state index in [1.54, 1.807) is 4.90 Å². The highest BCUT2D eigenvalue weighted by molar-refractivity contribution is 5.77. The Morgan fingerprint density at radius 3 is 2.62 bits per heavy atom. The van der Waals surface area contributed by atoms with Gasteiger partial charge in [-0.1, -0.05) is 13.8 Å². The van der Waals surface area contributed by atoms with E-state index in [9.17, 15) is 9.90 Å². The molecule has 1 aliphatic heterocycles. The normalized spacial score (nSPS) is 18.7. The van der Waals surface area contributed by atoms with Crippen LogP contribution in [0.3, 0.4) is 0 Å². The first-order chi connectivity index (χ1) is 7.49. The molecule has 0 atom stereocenters. The van der Waals surface area contributed by atoms with Crippen LogP contribution in [0.25, 0.3) is 0 Å². The minimum atomic E-state index is -0.657. The molecule has 1 rings (SSSR count). The van der Waals surface area contributed by atoms with E-state index in [0.29, 0.717) is 32.7 Å². The predicted octanol–water partition coefficient (Wildman–Crippen LogP) is 1.03. The number of hydrogen-bond donors (Lipinski definition) is 1. The van der Waals surface area contributed by atoms with Crippen molar-refractivity contribution in [3.63, 3.8) is 0 Å². The molecule has 0 bridgehead atoms. The number of ether oxygens (including phenoxy) is 1. The minimum absolute atomic E-state index is 0.130. The van der Waals surface area contributed by atoms with Gasteiger partial charge in [0, 0.05) is 19.6 Å². The molecule has 1 aliphatic rings. The second-order valence-corrected chi connectivity index (χ2v) is 4.81. The number of nitrogens with zero attached hydrogens (tertiary/aromatic N) is 1. The summed E-state index contributed by atoms with van der Waals surface area (Å²) in [5.41, 5.74) is -0.657. The molecular formula is C12H23NO3. The Kier molecular flexibility index (Phi) is 4.74. The third-order valence-electron chi connectivity index (χ3n) is 3.24. The lowest BCUT2D eigenvalue weighted by Gasteiger charge is -2.49. The quantitative estimate of drug-likeness (QED) is 0.692. The van der Waals surface area contributed by atoms with Crippen molar-refractivity contribution < 1.29 is 14.6 Å². The summed E-state index contributed by atoms with van der Waals surface area (Å²) >= 11 is 0. The molecule has 0 radical (unpaired) electrons. The maximum absolute atomic E-state index is 11.7. The fourth-order valence-electron chi connectivity index (χ4n) is 1.78. The van der Waals surface area contributed by atoms with Crippen LogP contribution < -0.4 is 0 Å². The number of carbonyl (C=O) groups excluding carboxylic acids is 1. The van der Waals surface area contributed by atoms with Crippen molar-refractivity contribution in [2.45, 2.75) is 39.2 Å². The van der Waals surface area contributed by atoms with Gasteiger partial charge in [-0.3, -0.25) is 4.79 Å². The van der Waals surface area contributed by atoms with Gasteiger partial charge in [0.05, 0.1) is 13.1 Å². The fourth-order valence-corrected chi connectivity index (χ4v) is 1.78. The molecule has 94 valence electrons. The SMILES string of the molecule is CCOCCCC(=O)N1CC(O)(C(C)C)C1. The largest absolute Gasteiger partial charge is 0.386 e. The van der Waals surface area contributed by atoms with Gasteiger partial charge in [-0.25, -0.2) is 0 Å². The van der Waals surface area contributed by atoms with E-state index >= 15 is 0 Å². The van der Waals surface area contributed by atoms with E-state index in [4.69, 9.17) is 4.74 Å². The van der Waals surface area contributed by atoms with Crippen molar-refractivity contribution in [1.82, 2.24) is 4.90 Å². The summed E-state index contributed by atoms with van der Waals surface area (Å²) in [6.07, 6.45) is 1.29. The highest BCUT2D eigenvalue weighted by atomic mass is 16.5. The Labute approximate surface area is 97.6 Å². The summed E-state index contributed by atoms with van der Waals surface area (Å²) in [6.45, 7) is 8.22. The molecule has 4 nitrogen and oxygen atoms in total. The monoisotopic (exact) mass is 229 g/mol. The molecule has 1 N–H and O–H groups in total. The average Bonchev–Trinajstić information content (AvgIpc) is 2.19. The summed E-state index contributed by atoms with van der Waals surface area (Å²) in [6, 6.07) is 0. The summed E-state index contributed by atoms with van der Waals surface area (Å²) in [5, 5.41) is 10.00. The predicted molar refractivity (Wildman–Crippen MR) is 62.1 cm³/mol. The smallest absolute Gasteiger partial charge is 0.222 e. The lowest BCUT2D eigenvalue weighted by Crippen LogP contribution is -2.65. The zero-order valence-corrected chi connectivity index (χ0v) is 10.5. The minimum Gasteiger partial charge on any atom is -0.386 e. The van der Waals surface area contributed by atoms with E-state index in [2.05, 4.69) is 0 Å². The van der Waals surface area contributed by atoms with Gasteiger partial charge in [-0.2, -0.15) is 0 Å². The molecule has 1 fully saturated rings. The Balaban J connectivity index is 2.17. The number of amides is 1. The van der Waals surface area contributed by atoms with E-state index in [1.807, 2.05) is 20.8 Å². The Hall–Kier alpha value is -0.610. The summed E-state index contributed by atoms with van der Waals surface area (Å²) in [5.74, 6) is 0.338. The molecule has 1 saturated heterocycles. The third-order valence-corrected chi connectivity index (χ3v) is 3.24. The fraction of sp³-hybridized carbons (Fsp3) is 0.917. The molecule has 16 heavy (non-hydrogen) atoms. The molecular weight excluding hydrogens is 206 g/mol. The summed E-state index contributed by atoms with van der Waals surface area (Å²) in [7, 11) is 0. The van der Waals surface area contributed by atoms with Crippen molar-refractivity contribution in [2.24, 2.45) is 5.92 Å². The molecule has 1 heterocycles. The van der Waals surface area contributed by atoms with Crippen LogP contribution in [0.1, 0.15) is 33.6 Å². The van der Waals surface area contributed by atoms with E-state index in [0.717, 1.165) is 6.42 Å². The standard InChI is InChI=1S/C12H23NO3/c1-4-16-7-5-6-11(14)13-8-12(15,9-13)10(2)3/h10,15H,4-9H2,1-3H3. The second kappa shape index (κ2) is 5.64. The molecule has 4 heteroatoms. The van der Waals surface area contributed by atoms with Crippen LogP contribution in [0.15, 0.2) is 0 Å². The van der Waals surface area contributed by atoms with Crippen LogP contribution in [0, 0.1) is 5.92 Å². The highest BCUT2D eigenvalue weighted by Crippen LogP contribution is 2.28. The third kappa shape index (κ3) is 3.19. The first kappa shape index (κ1) is 13.5. The molecule has 0 aromatic rings. The molecule has 0 unspecified atom stereocenters. The number of β-amino-alcohol motifs (C(OH)–C–C–N with tert-alkyl or cyclic N) is 1.